The van der Waals surface area contributed by atoms with Gasteiger partial charge in [-0.2, -0.15) is 0 Å². The van der Waals surface area contributed by atoms with Crippen molar-refractivity contribution in [2.24, 2.45) is 0 Å². The third-order valence-electron chi connectivity index (χ3n) is 3.90. The first kappa shape index (κ1) is 10.1. The maximum atomic E-state index is 5.98. The summed E-state index contributed by atoms with van der Waals surface area (Å²) in [5, 5.41) is 0. The van der Waals surface area contributed by atoms with E-state index in [2.05, 4.69) is 36.0 Å². The Labute approximate surface area is 96.8 Å². The van der Waals surface area contributed by atoms with Gasteiger partial charge in [-0.25, -0.2) is 0 Å². The Morgan fingerprint density at radius 3 is 2.81 bits per heavy atom. The first-order valence-corrected chi connectivity index (χ1v) is 5.95. The Bertz CT molecular complexity index is 427. The number of benzene rings is 1. The minimum absolute atomic E-state index is 0.568. The lowest BCUT2D eigenvalue weighted by atomic mass is 9.85. The Morgan fingerprint density at radius 1 is 1.25 bits per heavy atom. The highest BCUT2D eigenvalue weighted by molar-refractivity contribution is 5.52. The van der Waals surface area contributed by atoms with E-state index in [9.17, 15) is 0 Å². The lowest BCUT2D eigenvalue weighted by Crippen LogP contribution is -2.43. The number of likely N-dealkylation sites (N-methyl/N-ethyl adjacent to an activating group) is 2. The summed E-state index contributed by atoms with van der Waals surface area (Å²) in [4.78, 5) is 4.86. The summed E-state index contributed by atoms with van der Waals surface area (Å²) in [6.45, 7) is 3.33. The standard InChI is InChI=1S/C13H19N3/c1-15-7-10-6-11(14)5-9-3-4-16(2)12(8-15)13(9)10/h5-6,12H,3-4,7-8,14H2,1-2H3. The fourth-order valence-corrected chi connectivity index (χ4v) is 3.13. The van der Waals surface area contributed by atoms with E-state index < -0.39 is 0 Å². The van der Waals surface area contributed by atoms with Gasteiger partial charge in [-0.1, -0.05) is 0 Å². The molecule has 0 fully saturated rings. The van der Waals surface area contributed by atoms with Crippen LogP contribution in [0.3, 0.4) is 0 Å². The summed E-state index contributed by atoms with van der Waals surface area (Å²) in [5.41, 5.74) is 11.4. The number of nitrogens with two attached hydrogens (primary N) is 1. The van der Waals surface area contributed by atoms with E-state index in [1.54, 1.807) is 5.56 Å². The van der Waals surface area contributed by atoms with Crippen molar-refractivity contribution < 1.29 is 0 Å². The van der Waals surface area contributed by atoms with Gasteiger partial charge in [-0.15, -0.1) is 0 Å². The summed E-state index contributed by atoms with van der Waals surface area (Å²) in [6, 6.07) is 4.89. The second-order valence-electron chi connectivity index (χ2n) is 5.20. The van der Waals surface area contributed by atoms with Crippen LogP contribution in [0.25, 0.3) is 0 Å². The van der Waals surface area contributed by atoms with Crippen LogP contribution in [0.5, 0.6) is 0 Å². The molecule has 1 aromatic carbocycles. The zero-order valence-electron chi connectivity index (χ0n) is 10.0. The number of rotatable bonds is 0. The molecule has 1 unspecified atom stereocenters. The molecular weight excluding hydrogens is 198 g/mol. The van der Waals surface area contributed by atoms with Crippen molar-refractivity contribution in [3.05, 3.63) is 28.8 Å². The van der Waals surface area contributed by atoms with Gasteiger partial charge in [0.2, 0.25) is 0 Å². The van der Waals surface area contributed by atoms with Crippen LogP contribution in [-0.2, 0) is 13.0 Å². The van der Waals surface area contributed by atoms with Crippen molar-refractivity contribution in [3.63, 3.8) is 0 Å². The van der Waals surface area contributed by atoms with Gasteiger partial charge in [-0.05, 0) is 49.3 Å². The van der Waals surface area contributed by atoms with Crippen molar-refractivity contribution in [3.8, 4) is 0 Å². The molecule has 2 aliphatic rings. The minimum Gasteiger partial charge on any atom is -0.399 e. The van der Waals surface area contributed by atoms with Crippen molar-refractivity contribution in [2.75, 3.05) is 32.9 Å². The molecule has 0 bridgehead atoms. The average molecular weight is 217 g/mol. The van der Waals surface area contributed by atoms with E-state index in [1.807, 2.05) is 0 Å². The smallest absolute Gasteiger partial charge is 0.0478 e. The molecule has 3 rings (SSSR count). The predicted octanol–water partition coefficient (Wildman–Crippen LogP) is 1.24. The highest BCUT2D eigenvalue weighted by atomic mass is 15.2. The van der Waals surface area contributed by atoms with Crippen LogP contribution >= 0.6 is 0 Å². The first-order chi connectivity index (χ1) is 7.65. The second kappa shape index (κ2) is 3.47. The summed E-state index contributed by atoms with van der Waals surface area (Å²) >= 11 is 0. The summed E-state index contributed by atoms with van der Waals surface area (Å²) in [6.07, 6.45) is 1.14. The van der Waals surface area contributed by atoms with E-state index in [0.717, 1.165) is 31.7 Å². The Kier molecular flexibility index (Phi) is 2.19. The number of nitrogen functional groups attached to an aromatic ring is 1. The molecule has 0 spiro atoms. The van der Waals surface area contributed by atoms with Crippen molar-refractivity contribution in [1.29, 1.82) is 0 Å². The number of nitrogens with zero attached hydrogens (tertiary/aromatic N) is 2. The molecule has 0 saturated heterocycles. The monoisotopic (exact) mass is 217 g/mol. The molecule has 1 atom stereocenters. The summed E-state index contributed by atoms with van der Waals surface area (Å²) < 4.78 is 0. The van der Waals surface area contributed by atoms with Gasteiger partial charge >= 0.3 is 0 Å². The van der Waals surface area contributed by atoms with E-state index in [4.69, 9.17) is 5.73 Å². The van der Waals surface area contributed by atoms with Gasteiger partial charge in [0, 0.05) is 31.4 Å². The lowest BCUT2D eigenvalue weighted by molar-refractivity contribution is 0.150. The molecule has 3 nitrogen and oxygen atoms in total. The van der Waals surface area contributed by atoms with Crippen LogP contribution in [0.1, 0.15) is 22.7 Å². The third kappa shape index (κ3) is 1.43. The molecule has 0 amide bonds. The molecule has 86 valence electrons. The largest absolute Gasteiger partial charge is 0.399 e. The van der Waals surface area contributed by atoms with E-state index in [0.29, 0.717) is 6.04 Å². The molecule has 3 heteroatoms. The maximum Gasteiger partial charge on any atom is 0.0478 e. The minimum atomic E-state index is 0.568. The summed E-state index contributed by atoms with van der Waals surface area (Å²) in [5.74, 6) is 0. The number of hydrogen-bond donors (Lipinski definition) is 1. The van der Waals surface area contributed by atoms with Crippen LogP contribution in [-0.4, -0.2) is 37.0 Å². The SMILES string of the molecule is CN1Cc2cc(N)cc3c2C(C1)N(C)CC3. The fraction of sp³-hybridized carbons (Fsp3) is 0.538. The fourth-order valence-electron chi connectivity index (χ4n) is 3.13. The van der Waals surface area contributed by atoms with Crippen LogP contribution < -0.4 is 5.73 Å². The van der Waals surface area contributed by atoms with E-state index in [-0.39, 0.29) is 0 Å². The summed E-state index contributed by atoms with van der Waals surface area (Å²) in [7, 11) is 4.42. The van der Waals surface area contributed by atoms with Gasteiger partial charge in [0.25, 0.3) is 0 Å². The first-order valence-electron chi connectivity index (χ1n) is 5.95. The molecule has 0 aromatic heterocycles. The Hall–Kier alpha value is -1.06. The second-order valence-corrected chi connectivity index (χ2v) is 5.20. The molecule has 2 N–H and O–H groups in total. The quantitative estimate of drug-likeness (QED) is 0.664. The molecule has 0 saturated carbocycles. The van der Waals surface area contributed by atoms with Crippen LogP contribution in [0.15, 0.2) is 12.1 Å². The maximum absolute atomic E-state index is 5.98. The van der Waals surface area contributed by atoms with Crippen molar-refractivity contribution >= 4 is 5.69 Å². The molecule has 16 heavy (non-hydrogen) atoms. The van der Waals surface area contributed by atoms with Gasteiger partial charge in [0.1, 0.15) is 0 Å². The van der Waals surface area contributed by atoms with Crippen molar-refractivity contribution in [2.45, 2.75) is 19.0 Å². The van der Waals surface area contributed by atoms with Crippen LogP contribution in [0.2, 0.25) is 0 Å². The van der Waals surface area contributed by atoms with Gasteiger partial charge in [0.05, 0.1) is 0 Å². The molecule has 0 aliphatic carbocycles. The number of hydrogen-bond acceptors (Lipinski definition) is 3. The highest BCUT2D eigenvalue weighted by Crippen LogP contribution is 2.37. The zero-order valence-corrected chi connectivity index (χ0v) is 10.0. The predicted molar refractivity (Wildman–Crippen MR) is 66.3 cm³/mol. The van der Waals surface area contributed by atoms with Crippen LogP contribution in [0.4, 0.5) is 5.69 Å². The average Bonchev–Trinajstić information content (AvgIpc) is 2.22. The van der Waals surface area contributed by atoms with Crippen LogP contribution in [0, 0.1) is 0 Å². The molecule has 1 aromatic rings. The lowest BCUT2D eigenvalue weighted by Gasteiger charge is -2.42. The van der Waals surface area contributed by atoms with E-state index >= 15 is 0 Å². The molecule has 0 radical (unpaired) electrons. The third-order valence-corrected chi connectivity index (χ3v) is 3.90. The molecule has 2 aliphatic heterocycles. The van der Waals surface area contributed by atoms with Gasteiger partial charge in [0.15, 0.2) is 0 Å². The number of anilines is 1. The van der Waals surface area contributed by atoms with Gasteiger partial charge in [-0.3, -0.25) is 4.90 Å². The van der Waals surface area contributed by atoms with E-state index in [1.165, 1.54) is 11.1 Å². The topological polar surface area (TPSA) is 32.5 Å². The highest BCUT2D eigenvalue weighted by Gasteiger charge is 2.31. The molecule has 2 heterocycles. The zero-order chi connectivity index (χ0) is 11.3. The molecular formula is C13H19N3. The Morgan fingerprint density at radius 2 is 2.00 bits per heavy atom. The normalized spacial score (nSPS) is 25.5. The van der Waals surface area contributed by atoms with Crippen molar-refractivity contribution in [1.82, 2.24) is 9.80 Å². The van der Waals surface area contributed by atoms with Gasteiger partial charge < -0.3 is 10.6 Å². The Balaban J connectivity index is 2.17.